The number of carbonyl (C=O) groups is 1. The predicted molar refractivity (Wildman–Crippen MR) is 78.6 cm³/mol. The van der Waals surface area contributed by atoms with Crippen LogP contribution in [0.1, 0.15) is 11.4 Å². The average molecular weight is 294 g/mol. The number of benzene rings is 1. The van der Waals surface area contributed by atoms with E-state index in [0.29, 0.717) is 10.7 Å². The van der Waals surface area contributed by atoms with Gasteiger partial charge in [0.05, 0.1) is 22.1 Å². The Morgan fingerprint density at radius 2 is 2.00 bits per heavy atom. The van der Waals surface area contributed by atoms with Crippen molar-refractivity contribution in [3.8, 4) is 5.69 Å². The fourth-order valence-corrected chi connectivity index (χ4v) is 2.01. The van der Waals surface area contributed by atoms with Crippen molar-refractivity contribution in [1.29, 1.82) is 0 Å². The van der Waals surface area contributed by atoms with Gasteiger partial charge in [0.2, 0.25) is 5.91 Å². The molecule has 0 saturated carbocycles. The van der Waals surface area contributed by atoms with E-state index in [2.05, 4.69) is 10.4 Å². The number of amides is 1. The van der Waals surface area contributed by atoms with Crippen LogP contribution in [-0.4, -0.2) is 29.4 Å². The second kappa shape index (κ2) is 6.07. The first kappa shape index (κ1) is 14.6. The molecule has 0 atom stereocenters. The number of methoxy groups -OCH3 is 1. The molecule has 1 N–H and O–H groups in total. The Morgan fingerprint density at radius 3 is 2.50 bits per heavy atom. The number of aromatic nitrogens is 2. The van der Waals surface area contributed by atoms with Crippen LogP contribution >= 0.6 is 11.6 Å². The van der Waals surface area contributed by atoms with Gasteiger partial charge in [-0.1, -0.05) is 11.6 Å². The summed E-state index contributed by atoms with van der Waals surface area (Å²) < 4.78 is 6.54. The largest absolute Gasteiger partial charge is 0.375 e. The van der Waals surface area contributed by atoms with Crippen molar-refractivity contribution in [3.63, 3.8) is 0 Å². The quantitative estimate of drug-likeness (QED) is 0.943. The number of aryl methyl sites for hydroxylation is 1. The summed E-state index contributed by atoms with van der Waals surface area (Å²) >= 11 is 6.13. The van der Waals surface area contributed by atoms with E-state index in [1.165, 1.54) is 7.11 Å². The first-order valence-corrected chi connectivity index (χ1v) is 6.51. The summed E-state index contributed by atoms with van der Waals surface area (Å²) in [4.78, 5) is 11.4. The van der Waals surface area contributed by atoms with E-state index >= 15 is 0 Å². The molecule has 20 heavy (non-hydrogen) atoms. The fourth-order valence-electron chi connectivity index (χ4n) is 1.89. The zero-order valence-electron chi connectivity index (χ0n) is 11.6. The van der Waals surface area contributed by atoms with E-state index in [0.717, 1.165) is 17.1 Å². The minimum atomic E-state index is -0.186. The average Bonchev–Trinajstić information content (AvgIpc) is 2.68. The van der Waals surface area contributed by atoms with Crippen LogP contribution < -0.4 is 5.32 Å². The summed E-state index contributed by atoms with van der Waals surface area (Å²) in [5.74, 6) is -0.186. The highest BCUT2D eigenvalue weighted by molar-refractivity contribution is 6.31. The summed E-state index contributed by atoms with van der Waals surface area (Å²) in [6.45, 7) is 3.82. The molecule has 0 bridgehead atoms. The van der Waals surface area contributed by atoms with Crippen molar-refractivity contribution in [3.05, 3.63) is 40.7 Å². The number of rotatable bonds is 4. The van der Waals surface area contributed by atoms with Crippen LogP contribution in [0.3, 0.4) is 0 Å². The van der Waals surface area contributed by atoms with Gasteiger partial charge in [-0.3, -0.25) is 4.79 Å². The molecule has 0 unspecified atom stereocenters. The van der Waals surface area contributed by atoms with Crippen LogP contribution in [0.4, 0.5) is 5.69 Å². The molecule has 1 aromatic carbocycles. The molecule has 1 heterocycles. The van der Waals surface area contributed by atoms with Crippen LogP contribution in [0.15, 0.2) is 24.3 Å². The van der Waals surface area contributed by atoms with Gasteiger partial charge in [-0.15, -0.1) is 0 Å². The van der Waals surface area contributed by atoms with Crippen molar-refractivity contribution in [2.24, 2.45) is 0 Å². The van der Waals surface area contributed by atoms with Crippen LogP contribution in [0.25, 0.3) is 5.69 Å². The Kier molecular flexibility index (Phi) is 4.42. The number of ether oxygens (including phenoxy) is 1. The molecule has 2 aromatic rings. The van der Waals surface area contributed by atoms with Crippen molar-refractivity contribution < 1.29 is 9.53 Å². The normalized spacial score (nSPS) is 10.6. The Hall–Kier alpha value is -1.85. The second-order valence-electron chi connectivity index (χ2n) is 4.42. The molecular formula is C14H16ClN3O2. The number of halogens is 1. The highest BCUT2D eigenvalue weighted by Gasteiger charge is 2.10. The molecule has 0 spiro atoms. The number of hydrogen-bond donors (Lipinski definition) is 1. The van der Waals surface area contributed by atoms with Crippen LogP contribution in [0.2, 0.25) is 5.02 Å². The van der Waals surface area contributed by atoms with Gasteiger partial charge in [0, 0.05) is 12.8 Å². The van der Waals surface area contributed by atoms with Crippen molar-refractivity contribution in [1.82, 2.24) is 9.78 Å². The molecule has 0 saturated heterocycles. The molecule has 106 valence electrons. The third kappa shape index (κ3) is 3.00. The lowest BCUT2D eigenvalue weighted by molar-refractivity contribution is -0.119. The molecule has 0 aliphatic rings. The lowest BCUT2D eigenvalue weighted by Gasteiger charge is -2.07. The Labute approximate surface area is 122 Å². The zero-order valence-corrected chi connectivity index (χ0v) is 12.4. The van der Waals surface area contributed by atoms with Crippen LogP contribution in [0.5, 0.6) is 0 Å². The molecule has 0 fully saturated rings. The van der Waals surface area contributed by atoms with Gasteiger partial charge in [-0.2, -0.15) is 5.10 Å². The second-order valence-corrected chi connectivity index (χ2v) is 4.80. The molecule has 6 heteroatoms. The third-order valence-electron chi connectivity index (χ3n) is 2.87. The highest BCUT2D eigenvalue weighted by Crippen LogP contribution is 2.23. The molecule has 5 nitrogen and oxygen atoms in total. The Balaban J connectivity index is 2.19. The molecular weight excluding hydrogens is 278 g/mol. The zero-order chi connectivity index (χ0) is 14.7. The van der Waals surface area contributed by atoms with Gasteiger partial charge >= 0.3 is 0 Å². The SMILES string of the molecule is COCC(=O)Nc1ccc(-n2nc(C)c(Cl)c2C)cc1. The minimum Gasteiger partial charge on any atom is -0.375 e. The van der Waals surface area contributed by atoms with Crippen molar-refractivity contribution in [2.75, 3.05) is 19.0 Å². The summed E-state index contributed by atoms with van der Waals surface area (Å²) in [7, 11) is 1.48. The summed E-state index contributed by atoms with van der Waals surface area (Å²) in [6, 6.07) is 7.37. The monoisotopic (exact) mass is 293 g/mol. The van der Waals surface area contributed by atoms with E-state index in [1.54, 1.807) is 4.68 Å². The summed E-state index contributed by atoms with van der Waals surface area (Å²) in [5, 5.41) is 7.78. The van der Waals surface area contributed by atoms with Gasteiger partial charge in [-0.25, -0.2) is 4.68 Å². The Bertz CT molecular complexity index is 620. The topological polar surface area (TPSA) is 56.1 Å². The lowest BCUT2D eigenvalue weighted by Crippen LogP contribution is -2.17. The van der Waals surface area contributed by atoms with Crippen molar-refractivity contribution >= 4 is 23.2 Å². The van der Waals surface area contributed by atoms with E-state index in [-0.39, 0.29) is 12.5 Å². The van der Waals surface area contributed by atoms with E-state index in [4.69, 9.17) is 16.3 Å². The van der Waals surface area contributed by atoms with Gasteiger partial charge < -0.3 is 10.1 Å². The molecule has 0 radical (unpaired) electrons. The maximum atomic E-state index is 11.4. The first-order valence-electron chi connectivity index (χ1n) is 6.14. The van der Waals surface area contributed by atoms with E-state index in [1.807, 2.05) is 38.1 Å². The van der Waals surface area contributed by atoms with Gasteiger partial charge in [0.25, 0.3) is 0 Å². The molecule has 1 amide bonds. The molecule has 0 aliphatic heterocycles. The van der Waals surface area contributed by atoms with Crippen LogP contribution in [0, 0.1) is 13.8 Å². The number of hydrogen-bond acceptors (Lipinski definition) is 3. The fraction of sp³-hybridized carbons (Fsp3) is 0.286. The van der Waals surface area contributed by atoms with E-state index < -0.39 is 0 Å². The smallest absolute Gasteiger partial charge is 0.250 e. The summed E-state index contributed by atoms with van der Waals surface area (Å²) in [6.07, 6.45) is 0. The Morgan fingerprint density at radius 1 is 1.35 bits per heavy atom. The number of carbonyl (C=O) groups excluding carboxylic acids is 1. The first-order chi connectivity index (χ1) is 9.52. The molecule has 2 rings (SSSR count). The van der Waals surface area contributed by atoms with Gasteiger partial charge in [0.1, 0.15) is 6.61 Å². The third-order valence-corrected chi connectivity index (χ3v) is 3.42. The highest BCUT2D eigenvalue weighted by atomic mass is 35.5. The molecule has 0 aliphatic carbocycles. The lowest BCUT2D eigenvalue weighted by atomic mass is 10.2. The number of nitrogens with zero attached hydrogens (tertiary/aromatic N) is 2. The maximum Gasteiger partial charge on any atom is 0.250 e. The van der Waals surface area contributed by atoms with E-state index in [9.17, 15) is 4.79 Å². The van der Waals surface area contributed by atoms with Gasteiger partial charge in [0.15, 0.2) is 0 Å². The maximum absolute atomic E-state index is 11.4. The molecule has 1 aromatic heterocycles. The minimum absolute atomic E-state index is 0.0365. The summed E-state index contributed by atoms with van der Waals surface area (Å²) in [5.41, 5.74) is 3.28. The standard InChI is InChI=1S/C14H16ClN3O2/c1-9-14(15)10(2)18(17-9)12-6-4-11(5-7-12)16-13(19)8-20-3/h4-7H,8H2,1-3H3,(H,16,19). The number of nitrogens with one attached hydrogen (secondary N) is 1. The predicted octanol–water partition coefficient (Wildman–Crippen LogP) is 2.73. The number of anilines is 1. The van der Waals surface area contributed by atoms with Crippen LogP contribution in [-0.2, 0) is 9.53 Å². The van der Waals surface area contributed by atoms with Crippen molar-refractivity contribution in [2.45, 2.75) is 13.8 Å². The van der Waals surface area contributed by atoms with Gasteiger partial charge in [-0.05, 0) is 38.1 Å².